The topological polar surface area (TPSA) is 88.6 Å². The van der Waals surface area contributed by atoms with Crippen molar-refractivity contribution in [2.24, 2.45) is 0 Å². The van der Waals surface area contributed by atoms with Gasteiger partial charge in [0.15, 0.2) is 11.5 Å². The lowest BCUT2D eigenvalue weighted by Gasteiger charge is -2.36. The molecule has 2 aliphatic heterocycles. The lowest BCUT2D eigenvalue weighted by Crippen LogP contribution is -2.48. The molecular formula is C24H31N3O6S. The number of benzene rings is 2. The molecule has 0 bridgehead atoms. The number of rotatable bonds is 8. The van der Waals surface area contributed by atoms with E-state index in [0.29, 0.717) is 56.3 Å². The number of hydrogen-bond acceptors (Lipinski definition) is 7. The maximum Gasteiger partial charge on any atom is 0.232 e. The third-order valence-corrected chi connectivity index (χ3v) is 7.23. The van der Waals surface area contributed by atoms with E-state index in [2.05, 4.69) is 4.90 Å². The first-order chi connectivity index (χ1) is 16.3. The second kappa shape index (κ2) is 10.4. The maximum atomic E-state index is 12.8. The Bertz CT molecular complexity index is 1100. The van der Waals surface area contributed by atoms with E-state index in [4.69, 9.17) is 14.2 Å². The fourth-order valence-corrected chi connectivity index (χ4v) is 5.17. The van der Waals surface area contributed by atoms with Crippen LogP contribution in [0.4, 0.5) is 11.4 Å². The number of sulfonamides is 1. The maximum absolute atomic E-state index is 12.8. The molecule has 2 aromatic carbocycles. The molecule has 10 heteroatoms. The average Bonchev–Trinajstić information content (AvgIpc) is 2.85. The summed E-state index contributed by atoms with van der Waals surface area (Å²) in [6.45, 7) is 3.91. The van der Waals surface area contributed by atoms with Crippen molar-refractivity contribution in [1.82, 2.24) is 4.90 Å². The summed E-state index contributed by atoms with van der Waals surface area (Å²) < 4.78 is 42.5. The number of amides is 1. The van der Waals surface area contributed by atoms with Crippen LogP contribution in [0.5, 0.6) is 17.2 Å². The van der Waals surface area contributed by atoms with E-state index < -0.39 is 10.0 Å². The summed E-state index contributed by atoms with van der Waals surface area (Å²) in [7, 11) is -1.87. The minimum absolute atomic E-state index is 0.0463. The molecule has 0 unspecified atom stereocenters. The Morgan fingerprint density at radius 3 is 2.32 bits per heavy atom. The minimum Gasteiger partial charge on any atom is -0.497 e. The van der Waals surface area contributed by atoms with Gasteiger partial charge in [0.25, 0.3) is 0 Å². The van der Waals surface area contributed by atoms with Crippen molar-refractivity contribution in [1.29, 1.82) is 0 Å². The van der Waals surface area contributed by atoms with Gasteiger partial charge in [-0.3, -0.25) is 9.10 Å². The first-order valence-electron chi connectivity index (χ1n) is 11.4. The van der Waals surface area contributed by atoms with Gasteiger partial charge in [-0.15, -0.1) is 0 Å². The van der Waals surface area contributed by atoms with E-state index in [9.17, 15) is 13.2 Å². The number of methoxy groups -OCH3 is 1. The van der Waals surface area contributed by atoms with Gasteiger partial charge in [-0.05, 0) is 42.8 Å². The fourth-order valence-electron chi connectivity index (χ4n) is 4.21. The molecule has 1 amide bonds. The zero-order chi connectivity index (χ0) is 24.1. The molecule has 0 saturated carbocycles. The van der Waals surface area contributed by atoms with Crippen molar-refractivity contribution in [2.75, 3.05) is 68.5 Å². The summed E-state index contributed by atoms with van der Waals surface area (Å²) in [6, 6.07) is 13.0. The van der Waals surface area contributed by atoms with Crippen LogP contribution in [0.3, 0.4) is 0 Å². The van der Waals surface area contributed by atoms with E-state index in [1.54, 1.807) is 25.3 Å². The lowest BCUT2D eigenvalue weighted by molar-refractivity contribution is -0.131. The minimum atomic E-state index is -3.51. The largest absolute Gasteiger partial charge is 0.497 e. The Morgan fingerprint density at radius 1 is 1.00 bits per heavy atom. The molecule has 0 radical (unpaired) electrons. The number of hydrogen-bond donors (Lipinski definition) is 0. The van der Waals surface area contributed by atoms with Gasteiger partial charge < -0.3 is 24.0 Å². The Kier molecular flexibility index (Phi) is 7.35. The van der Waals surface area contributed by atoms with Crippen LogP contribution in [0.1, 0.15) is 12.8 Å². The Hall–Kier alpha value is -3.14. The first-order valence-corrected chi connectivity index (χ1v) is 13.2. The number of carbonyl (C=O) groups is 1. The predicted octanol–water partition coefficient (Wildman–Crippen LogP) is 2.36. The number of fused-ring (bicyclic) bond motifs is 1. The summed E-state index contributed by atoms with van der Waals surface area (Å²) >= 11 is 0. The number of nitrogens with zero attached hydrogens (tertiary/aromatic N) is 3. The van der Waals surface area contributed by atoms with Crippen molar-refractivity contribution in [3.8, 4) is 17.2 Å². The van der Waals surface area contributed by atoms with Crippen molar-refractivity contribution >= 4 is 27.3 Å². The molecule has 2 heterocycles. The van der Waals surface area contributed by atoms with Gasteiger partial charge >= 0.3 is 0 Å². The number of carbonyl (C=O) groups excluding carboxylic acids is 1. The van der Waals surface area contributed by atoms with Crippen molar-refractivity contribution in [3.63, 3.8) is 0 Å². The van der Waals surface area contributed by atoms with E-state index in [-0.39, 0.29) is 12.5 Å². The molecule has 0 atom stereocenters. The zero-order valence-corrected chi connectivity index (χ0v) is 20.4. The van der Waals surface area contributed by atoms with Gasteiger partial charge in [-0.25, -0.2) is 8.42 Å². The van der Waals surface area contributed by atoms with Crippen molar-refractivity contribution in [3.05, 3.63) is 42.5 Å². The summed E-state index contributed by atoms with van der Waals surface area (Å²) in [4.78, 5) is 16.9. The Balaban J connectivity index is 1.29. The van der Waals surface area contributed by atoms with Crippen LogP contribution in [0.25, 0.3) is 0 Å². The van der Waals surface area contributed by atoms with Crippen LogP contribution in [0.15, 0.2) is 42.5 Å². The predicted molar refractivity (Wildman–Crippen MR) is 131 cm³/mol. The molecule has 0 aliphatic carbocycles. The highest BCUT2D eigenvalue weighted by atomic mass is 32.2. The highest BCUT2D eigenvalue weighted by molar-refractivity contribution is 7.92. The van der Waals surface area contributed by atoms with Gasteiger partial charge in [0.2, 0.25) is 15.9 Å². The van der Waals surface area contributed by atoms with E-state index in [0.717, 1.165) is 24.5 Å². The van der Waals surface area contributed by atoms with Crippen LogP contribution in [0, 0.1) is 0 Å². The normalized spacial score (nSPS) is 15.7. The number of piperazine rings is 1. The number of anilines is 2. The quantitative estimate of drug-likeness (QED) is 0.562. The molecule has 1 fully saturated rings. The van der Waals surface area contributed by atoms with E-state index in [1.807, 2.05) is 29.2 Å². The van der Waals surface area contributed by atoms with Crippen LogP contribution in [-0.4, -0.2) is 78.5 Å². The lowest BCUT2D eigenvalue weighted by atomic mass is 10.2. The highest BCUT2D eigenvalue weighted by Gasteiger charge is 2.24. The summed E-state index contributed by atoms with van der Waals surface area (Å²) in [6.07, 6.45) is 1.89. The second-order valence-corrected chi connectivity index (χ2v) is 10.2. The molecule has 0 aromatic heterocycles. The van der Waals surface area contributed by atoms with Gasteiger partial charge in [0.1, 0.15) is 19.0 Å². The summed E-state index contributed by atoms with van der Waals surface area (Å²) in [5.41, 5.74) is 1.61. The van der Waals surface area contributed by atoms with Crippen LogP contribution in [-0.2, 0) is 14.8 Å². The van der Waals surface area contributed by atoms with Crippen LogP contribution < -0.4 is 23.4 Å². The molecule has 2 aliphatic rings. The van der Waals surface area contributed by atoms with Crippen LogP contribution >= 0.6 is 0 Å². The van der Waals surface area contributed by atoms with Crippen molar-refractivity contribution in [2.45, 2.75) is 12.8 Å². The SMILES string of the molecule is COc1ccc(N2CCN(C(=O)CCCN(c3ccc4c(c3)OCCO4)S(C)(=O)=O)CC2)cc1. The van der Waals surface area contributed by atoms with Crippen LogP contribution in [0.2, 0.25) is 0 Å². The molecule has 0 spiro atoms. The first kappa shape index (κ1) is 24.0. The zero-order valence-electron chi connectivity index (χ0n) is 19.6. The van der Waals surface area contributed by atoms with Crippen molar-refractivity contribution < 1.29 is 27.4 Å². The third-order valence-electron chi connectivity index (χ3n) is 6.04. The average molecular weight is 490 g/mol. The summed E-state index contributed by atoms with van der Waals surface area (Å²) in [5, 5.41) is 0. The molecule has 184 valence electrons. The molecule has 4 rings (SSSR count). The third kappa shape index (κ3) is 5.67. The van der Waals surface area contributed by atoms with E-state index >= 15 is 0 Å². The standard InChI is InChI=1S/C24H31N3O6S/c1-31-21-8-5-19(6-9-21)25-12-14-26(15-13-25)24(28)4-3-11-27(34(2,29)30)20-7-10-22-23(18-20)33-17-16-32-22/h5-10,18H,3-4,11-17H2,1-2H3. The monoisotopic (exact) mass is 489 g/mol. The van der Waals surface area contributed by atoms with Gasteiger partial charge in [-0.2, -0.15) is 0 Å². The molecular weight excluding hydrogens is 458 g/mol. The molecule has 34 heavy (non-hydrogen) atoms. The molecule has 1 saturated heterocycles. The Labute approximate surface area is 200 Å². The van der Waals surface area contributed by atoms with Gasteiger partial charge in [-0.1, -0.05) is 0 Å². The second-order valence-electron chi connectivity index (χ2n) is 8.33. The molecule has 9 nitrogen and oxygen atoms in total. The summed E-state index contributed by atoms with van der Waals surface area (Å²) in [5.74, 6) is 2.00. The van der Waals surface area contributed by atoms with Gasteiger partial charge in [0.05, 0.1) is 19.1 Å². The fraction of sp³-hybridized carbons (Fsp3) is 0.458. The molecule has 2 aromatic rings. The smallest absolute Gasteiger partial charge is 0.232 e. The number of ether oxygens (including phenoxy) is 3. The molecule has 0 N–H and O–H groups in total. The van der Waals surface area contributed by atoms with E-state index in [1.165, 1.54) is 10.6 Å². The Morgan fingerprint density at radius 2 is 1.68 bits per heavy atom. The van der Waals surface area contributed by atoms with Gasteiger partial charge in [0, 0.05) is 50.9 Å². The highest BCUT2D eigenvalue weighted by Crippen LogP contribution is 2.34.